The molecule has 0 saturated heterocycles. The zero-order chi connectivity index (χ0) is 24.9. The Hall–Kier alpha value is -3.78. The molecule has 2 aromatic carbocycles. The fraction of sp³-hybridized carbons (Fsp3) is 0.238. The Morgan fingerprint density at radius 1 is 1.29 bits per heavy atom. The Morgan fingerprint density at radius 3 is 2.65 bits per heavy atom. The molecule has 9 nitrogen and oxygen atoms in total. The van der Waals surface area contributed by atoms with Gasteiger partial charge in [-0.1, -0.05) is 34.6 Å². The van der Waals surface area contributed by atoms with Gasteiger partial charge in [-0.25, -0.2) is 4.39 Å². The van der Waals surface area contributed by atoms with Crippen molar-refractivity contribution in [1.82, 2.24) is 15.1 Å². The normalized spacial score (nSPS) is 12.0. The fourth-order valence-corrected chi connectivity index (χ4v) is 3.02. The molecule has 0 aliphatic rings. The third kappa shape index (κ3) is 5.77. The first-order valence-electron chi connectivity index (χ1n) is 9.89. The number of para-hydroxylation sites is 1. The molecule has 1 amide bonds. The van der Waals surface area contributed by atoms with E-state index in [1.807, 2.05) is 6.07 Å². The molecule has 166 valence electrons. The van der Waals surface area contributed by atoms with Crippen molar-refractivity contribution in [3.05, 3.63) is 70.9 Å². The van der Waals surface area contributed by atoms with Crippen LogP contribution in [0, 0.1) is 17.1 Å². The van der Waals surface area contributed by atoms with E-state index in [0.717, 1.165) is 6.07 Å². The summed E-state index contributed by atoms with van der Waals surface area (Å²) in [5.74, 6) is -1.10. The second-order valence-electron chi connectivity index (χ2n) is 7.36. The summed E-state index contributed by atoms with van der Waals surface area (Å²) in [5, 5.41) is 24.1. The van der Waals surface area contributed by atoms with E-state index in [4.69, 9.17) is 43.7 Å². The Morgan fingerprint density at radius 2 is 2.03 bits per heavy atom. The summed E-state index contributed by atoms with van der Waals surface area (Å²) in [6.07, 6.45) is 0. The van der Waals surface area contributed by atoms with E-state index in [-0.39, 0.29) is 47.4 Å². The smallest absolute Gasteiger partial charge is 0.312 e. The number of aliphatic hydroxyl groups is 1. The van der Waals surface area contributed by atoms with Crippen LogP contribution < -0.4 is 10.5 Å². The number of benzene rings is 2. The maximum absolute atomic E-state index is 14.5. The van der Waals surface area contributed by atoms with Crippen molar-refractivity contribution >= 4 is 35.5 Å². The third-order valence-corrected chi connectivity index (χ3v) is 4.90. The van der Waals surface area contributed by atoms with E-state index < -0.39 is 29.5 Å². The highest BCUT2D eigenvalue weighted by atomic mass is 19.1. The monoisotopic (exact) mass is 455 g/mol. The number of hydrogen-bond donors (Lipinski definition) is 2. The van der Waals surface area contributed by atoms with Gasteiger partial charge in [-0.2, -0.15) is 5.26 Å². The topological polar surface area (TPSA) is 138 Å². The molecule has 1 atom stereocenters. The molecule has 0 saturated carbocycles. The van der Waals surface area contributed by atoms with Crippen LogP contribution in [0.25, 0.3) is 0 Å². The highest BCUT2D eigenvalue weighted by molar-refractivity contribution is 6.44. The number of hydrogen-bond acceptors (Lipinski definition) is 8. The van der Waals surface area contributed by atoms with Crippen molar-refractivity contribution in [2.45, 2.75) is 24.3 Å². The van der Waals surface area contributed by atoms with Gasteiger partial charge in [0.2, 0.25) is 5.89 Å². The number of amides is 1. The number of rotatable bonds is 9. The number of halogens is 1. The number of aromatic nitrogens is 2. The van der Waals surface area contributed by atoms with Gasteiger partial charge in [0.25, 0.3) is 5.91 Å². The molecule has 1 heterocycles. The zero-order valence-electron chi connectivity index (χ0n) is 17.9. The molecule has 3 rings (SSSR count). The van der Waals surface area contributed by atoms with Crippen LogP contribution >= 0.6 is 0 Å². The van der Waals surface area contributed by atoms with Crippen LogP contribution in [0.5, 0.6) is 5.75 Å². The lowest BCUT2D eigenvalue weighted by molar-refractivity contribution is -0.135. The van der Waals surface area contributed by atoms with E-state index in [1.165, 1.54) is 29.2 Å². The fourth-order valence-electron chi connectivity index (χ4n) is 3.02. The number of nitriles is 1. The van der Waals surface area contributed by atoms with E-state index in [1.54, 1.807) is 12.1 Å². The highest BCUT2D eigenvalue weighted by Gasteiger charge is 2.28. The van der Waals surface area contributed by atoms with Gasteiger partial charge < -0.3 is 24.9 Å². The zero-order valence-corrected chi connectivity index (χ0v) is 17.9. The van der Waals surface area contributed by atoms with Gasteiger partial charge in [0.05, 0.1) is 33.9 Å². The largest absolute Gasteiger partial charge is 0.484 e. The van der Waals surface area contributed by atoms with E-state index in [2.05, 4.69) is 10.2 Å². The summed E-state index contributed by atoms with van der Waals surface area (Å²) < 4.78 is 25.2. The Bertz CT molecular complexity index is 1220. The first-order chi connectivity index (χ1) is 16.1. The maximum Gasteiger partial charge on any atom is 0.312 e. The first kappa shape index (κ1) is 24.9. The second-order valence-corrected chi connectivity index (χ2v) is 7.36. The molecule has 1 unspecified atom stereocenters. The second kappa shape index (κ2) is 10.4. The minimum absolute atomic E-state index is 0.0227. The van der Waals surface area contributed by atoms with Crippen molar-refractivity contribution in [1.29, 1.82) is 5.26 Å². The standard InChI is InChI=1S/C21H17B3FN5O4/c22-19(32)21(23,24)14-3-1-2-4-16(14)33-11-18(31)30(10-17-28-29-20(27)34-17)9-13-6-5-12(8-26)7-15(13)25/h1-7,19,32H,9-11H2,(H2,27,29). The number of aliphatic hydroxyl groups excluding tert-OH is 1. The predicted octanol–water partition coefficient (Wildman–Crippen LogP) is 0.247. The highest BCUT2D eigenvalue weighted by Crippen LogP contribution is 2.29. The van der Waals surface area contributed by atoms with Crippen molar-refractivity contribution in [2.24, 2.45) is 0 Å². The lowest BCUT2D eigenvalue weighted by Crippen LogP contribution is -2.41. The number of anilines is 1. The van der Waals surface area contributed by atoms with Gasteiger partial charge in [0.1, 0.15) is 19.4 Å². The van der Waals surface area contributed by atoms with Crippen LogP contribution in [0.4, 0.5) is 10.4 Å². The number of nitrogens with zero attached hydrogens (tertiary/aromatic N) is 4. The van der Waals surface area contributed by atoms with Crippen LogP contribution in [0.2, 0.25) is 0 Å². The molecule has 0 aliphatic heterocycles. The SMILES string of the molecule is [B]C(O)C([B])([B])c1ccccc1OCC(=O)N(Cc1nnc(N)o1)Cc1ccc(C#N)cc1F. The Labute approximate surface area is 198 Å². The molecule has 6 radical (unpaired) electrons. The van der Waals surface area contributed by atoms with Gasteiger partial charge in [0, 0.05) is 18.1 Å². The molecule has 3 aromatic rings. The average Bonchev–Trinajstić information content (AvgIpc) is 3.22. The number of nitrogen functional groups attached to an aromatic ring is 1. The van der Waals surface area contributed by atoms with Crippen LogP contribution in [0.3, 0.4) is 0 Å². The molecular weight excluding hydrogens is 438 g/mol. The van der Waals surface area contributed by atoms with E-state index in [0.29, 0.717) is 0 Å². The van der Waals surface area contributed by atoms with Crippen LogP contribution in [0.1, 0.15) is 22.6 Å². The molecule has 0 fully saturated rings. The quantitative estimate of drug-likeness (QED) is 0.439. The minimum atomic E-state index is -1.84. The van der Waals surface area contributed by atoms with Crippen molar-refractivity contribution in [2.75, 3.05) is 12.3 Å². The number of nitrogens with two attached hydrogens (primary N) is 1. The van der Waals surface area contributed by atoms with Crippen LogP contribution in [-0.2, 0) is 23.1 Å². The number of carbonyl (C=O) groups excluding carboxylic acids is 1. The molecule has 13 heteroatoms. The molecule has 34 heavy (non-hydrogen) atoms. The Balaban J connectivity index is 1.82. The number of carbonyl (C=O) groups is 1. The maximum atomic E-state index is 14.5. The van der Waals surface area contributed by atoms with Gasteiger partial charge in [-0.05, 0) is 23.8 Å². The summed E-state index contributed by atoms with van der Waals surface area (Å²) >= 11 is 0. The predicted molar refractivity (Wildman–Crippen MR) is 121 cm³/mol. The van der Waals surface area contributed by atoms with E-state index >= 15 is 0 Å². The third-order valence-electron chi connectivity index (χ3n) is 4.90. The molecule has 3 N–H and O–H groups in total. The minimum Gasteiger partial charge on any atom is -0.484 e. The molecule has 0 bridgehead atoms. The van der Waals surface area contributed by atoms with Gasteiger partial charge in [0.15, 0.2) is 6.61 Å². The Kier molecular flexibility index (Phi) is 7.63. The summed E-state index contributed by atoms with van der Waals surface area (Å²) in [6, 6.07) is 10.2. The summed E-state index contributed by atoms with van der Waals surface area (Å²) in [5.41, 5.74) is 5.90. The summed E-state index contributed by atoms with van der Waals surface area (Å²) in [7, 11) is 17.3. The summed E-state index contributed by atoms with van der Waals surface area (Å²) in [4.78, 5) is 14.2. The summed E-state index contributed by atoms with van der Waals surface area (Å²) in [6.45, 7) is -0.884. The van der Waals surface area contributed by atoms with E-state index in [9.17, 15) is 14.3 Å². The molecule has 0 spiro atoms. The van der Waals surface area contributed by atoms with Gasteiger partial charge >= 0.3 is 6.01 Å². The number of ether oxygens (including phenoxy) is 1. The molecule has 0 aliphatic carbocycles. The van der Waals surface area contributed by atoms with Crippen LogP contribution in [-0.4, -0.2) is 62.3 Å². The average molecular weight is 455 g/mol. The molecule has 1 aromatic heterocycles. The van der Waals surface area contributed by atoms with Crippen LogP contribution in [0.15, 0.2) is 46.9 Å². The van der Waals surface area contributed by atoms with Crippen molar-refractivity contribution in [3.8, 4) is 11.8 Å². The first-order valence-corrected chi connectivity index (χ1v) is 9.89. The van der Waals surface area contributed by atoms with Gasteiger partial charge in [-0.15, -0.1) is 5.10 Å². The van der Waals surface area contributed by atoms with Crippen molar-refractivity contribution in [3.63, 3.8) is 0 Å². The lowest BCUT2D eigenvalue weighted by Gasteiger charge is -2.32. The van der Waals surface area contributed by atoms with Gasteiger partial charge in [-0.3, -0.25) is 4.79 Å². The lowest BCUT2D eigenvalue weighted by atomic mass is 9.44. The van der Waals surface area contributed by atoms with Crippen molar-refractivity contribution < 1.29 is 23.4 Å². The molecular formula is C21H17B3FN5O4.